The first-order chi connectivity index (χ1) is 14.1. The van der Waals surface area contributed by atoms with Gasteiger partial charge in [-0.3, -0.25) is 18.7 Å². The summed E-state index contributed by atoms with van der Waals surface area (Å²) in [6.07, 6.45) is 1.06. The lowest BCUT2D eigenvalue weighted by molar-refractivity contribution is -0.139. The number of hydrogen-bond donors (Lipinski definition) is 1. The predicted octanol–water partition coefficient (Wildman–Crippen LogP) is 2.89. The quantitative estimate of drug-likeness (QED) is 0.620. The first-order valence-corrected chi connectivity index (χ1v) is 10.1. The van der Waals surface area contributed by atoms with E-state index in [1.807, 2.05) is 0 Å². The fraction of sp³-hybridized carbons (Fsp3) is 0.350. The molecule has 0 saturated carbocycles. The van der Waals surface area contributed by atoms with E-state index in [1.165, 1.54) is 40.7 Å². The van der Waals surface area contributed by atoms with Gasteiger partial charge in [0.25, 0.3) is 11.1 Å². The SMILES string of the molecule is Cn1c(=O)cc(Nc2ccc(Br)cc2F)c2c(=O)n(C[C@H]3COC(C)(C)O3)cnc21. The standard InChI is InChI=1S/C20H20BrFN4O4/c1-20(2)29-9-12(30-20)8-26-10-23-18-17(19(26)28)15(7-16(27)25(18)3)24-14-5-4-11(21)6-13(14)22/h4-7,10,12,24H,8-9H2,1-3H3/t12-/m0/s1. The maximum Gasteiger partial charge on any atom is 0.264 e. The Kier molecular flexibility index (Phi) is 5.25. The summed E-state index contributed by atoms with van der Waals surface area (Å²) in [5.74, 6) is -1.24. The molecule has 0 radical (unpaired) electrons. The van der Waals surface area contributed by atoms with Crippen molar-refractivity contribution in [2.75, 3.05) is 11.9 Å². The molecular formula is C20H20BrFN4O4. The molecule has 0 aliphatic carbocycles. The van der Waals surface area contributed by atoms with Gasteiger partial charge in [-0.2, -0.15) is 0 Å². The number of benzene rings is 1. The van der Waals surface area contributed by atoms with Gasteiger partial charge < -0.3 is 14.8 Å². The highest BCUT2D eigenvalue weighted by Gasteiger charge is 2.33. The maximum absolute atomic E-state index is 14.3. The number of fused-ring (bicyclic) bond motifs is 1. The van der Waals surface area contributed by atoms with Gasteiger partial charge in [0.1, 0.15) is 23.6 Å². The molecule has 1 atom stereocenters. The zero-order chi connectivity index (χ0) is 21.6. The Morgan fingerprint density at radius 2 is 2.07 bits per heavy atom. The molecule has 3 aromatic rings. The average molecular weight is 479 g/mol. The molecular weight excluding hydrogens is 459 g/mol. The molecule has 1 fully saturated rings. The van der Waals surface area contributed by atoms with Crippen molar-refractivity contribution in [3.05, 3.63) is 61.6 Å². The summed E-state index contributed by atoms with van der Waals surface area (Å²) in [5.41, 5.74) is -0.222. The molecule has 0 amide bonds. The van der Waals surface area contributed by atoms with Crippen LogP contribution in [0.4, 0.5) is 15.8 Å². The van der Waals surface area contributed by atoms with Gasteiger partial charge in [-0.05, 0) is 32.0 Å². The number of aromatic nitrogens is 3. The zero-order valence-electron chi connectivity index (χ0n) is 16.6. The Labute approximate surface area is 179 Å². The Bertz CT molecular complexity index is 1250. The molecule has 2 aromatic heterocycles. The van der Waals surface area contributed by atoms with Crippen molar-refractivity contribution >= 4 is 38.3 Å². The summed E-state index contributed by atoms with van der Waals surface area (Å²) in [7, 11) is 1.53. The van der Waals surface area contributed by atoms with Gasteiger partial charge >= 0.3 is 0 Å². The number of aryl methyl sites for hydroxylation is 1. The number of nitrogens with one attached hydrogen (secondary N) is 1. The summed E-state index contributed by atoms with van der Waals surface area (Å²) in [6, 6.07) is 5.73. The van der Waals surface area contributed by atoms with Gasteiger partial charge in [0, 0.05) is 17.6 Å². The van der Waals surface area contributed by atoms with Crippen molar-refractivity contribution in [1.82, 2.24) is 14.1 Å². The lowest BCUT2D eigenvalue weighted by Gasteiger charge is -2.18. The monoisotopic (exact) mass is 478 g/mol. The van der Waals surface area contributed by atoms with Crippen LogP contribution in [0.5, 0.6) is 0 Å². The molecule has 0 unspecified atom stereocenters. The molecule has 1 aromatic carbocycles. The molecule has 8 nitrogen and oxygen atoms in total. The fourth-order valence-electron chi connectivity index (χ4n) is 3.40. The third-order valence-electron chi connectivity index (χ3n) is 4.87. The topological polar surface area (TPSA) is 87.4 Å². The van der Waals surface area contributed by atoms with Gasteiger partial charge in [-0.1, -0.05) is 15.9 Å². The van der Waals surface area contributed by atoms with Gasteiger partial charge in [-0.25, -0.2) is 9.37 Å². The zero-order valence-corrected chi connectivity index (χ0v) is 18.2. The molecule has 158 valence electrons. The molecule has 10 heteroatoms. The Balaban J connectivity index is 1.80. The third kappa shape index (κ3) is 3.90. The van der Waals surface area contributed by atoms with Crippen LogP contribution >= 0.6 is 15.9 Å². The molecule has 4 rings (SSSR count). The Hall–Kier alpha value is -2.56. The number of pyridine rings is 1. The first kappa shape index (κ1) is 20.7. The van der Waals surface area contributed by atoms with E-state index in [-0.39, 0.29) is 46.2 Å². The van der Waals surface area contributed by atoms with Crippen LogP contribution in [0.1, 0.15) is 13.8 Å². The highest BCUT2D eigenvalue weighted by Crippen LogP contribution is 2.26. The molecule has 1 aliphatic heterocycles. The van der Waals surface area contributed by atoms with Crippen molar-refractivity contribution in [1.29, 1.82) is 0 Å². The van der Waals surface area contributed by atoms with Crippen LogP contribution in [0.2, 0.25) is 0 Å². The third-order valence-corrected chi connectivity index (χ3v) is 5.36. The minimum atomic E-state index is -0.714. The average Bonchev–Trinajstić information content (AvgIpc) is 3.01. The van der Waals surface area contributed by atoms with E-state index < -0.39 is 11.6 Å². The second kappa shape index (κ2) is 7.60. The smallest absolute Gasteiger partial charge is 0.264 e. The lowest BCUT2D eigenvalue weighted by atomic mass is 10.2. The van der Waals surface area contributed by atoms with E-state index in [0.29, 0.717) is 11.1 Å². The summed E-state index contributed by atoms with van der Waals surface area (Å²) in [4.78, 5) is 29.9. The van der Waals surface area contributed by atoms with E-state index in [4.69, 9.17) is 9.47 Å². The van der Waals surface area contributed by atoms with Crippen LogP contribution in [0.25, 0.3) is 11.0 Å². The second-order valence-electron chi connectivity index (χ2n) is 7.56. The minimum absolute atomic E-state index is 0.136. The number of rotatable bonds is 4. The minimum Gasteiger partial charge on any atom is -0.352 e. The number of ether oxygens (including phenoxy) is 2. The van der Waals surface area contributed by atoms with Crippen LogP contribution in [-0.4, -0.2) is 32.6 Å². The normalized spacial score (nSPS) is 18.1. The molecule has 1 aliphatic rings. The van der Waals surface area contributed by atoms with Crippen LogP contribution < -0.4 is 16.4 Å². The van der Waals surface area contributed by atoms with Gasteiger partial charge in [0.05, 0.1) is 24.5 Å². The summed E-state index contributed by atoms with van der Waals surface area (Å²) >= 11 is 3.21. The highest BCUT2D eigenvalue weighted by molar-refractivity contribution is 9.10. The number of halogens is 2. The van der Waals surface area contributed by atoms with Crippen LogP contribution in [0.15, 0.2) is 44.7 Å². The van der Waals surface area contributed by atoms with E-state index in [0.717, 1.165) is 0 Å². The summed E-state index contributed by atoms with van der Waals surface area (Å²) < 4.78 is 28.9. The van der Waals surface area contributed by atoms with Crippen molar-refractivity contribution < 1.29 is 13.9 Å². The van der Waals surface area contributed by atoms with Gasteiger partial charge in [0.15, 0.2) is 11.4 Å². The molecule has 1 saturated heterocycles. The van der Waals surface area contributed by atoms with E-state index >= 15 is 0 Å². The number of nitrogens with zero attached hydrogens (tertiary/aromatic N) is 3. The van der Waals surface area contributed by atoms with E-state index in [2.05, 4.69) is 26.2 Å². The first-order valence-electron chi connectivity index (χ1n) is 9.27. The highest BCUT2D eigenvalue weighted by atomic mass is 79.9. The van der Waals surface area contributed by atoms with Crippen molar-refractivity contribution in [2.45, 2.75) is 32.3 Å². The molecule has 3 heterocycles. The Morgan fingerprint density at radius 3 is 2.73 bits per heavy atom. The molecule has 1 N–H and O–H groups in total. The number of anilines is 2. The largest absolute Gasteiger partial charge is 0.352 e. The fourth-order valence-corrected chi connectivity index (χ4v) is 3.74. The molecule has 0 spiro atoms. The van der Waals surface area contributed by atoms with Crippen molar-refractivity contribution in [3.63, 3.8) is 0 Å². The molecule has 30 heavy (non-hydrogen) atoms. The lowest BCUT2D eigenvalue weighted by Crippen LogP contribution is -2.31. The van der Waals surface area contributed by atoms with Gasteiger partial charge in [0.2, 0.25) is 0 Å². The van der Waals surface area contributed by atoms with Crippen LogP contribution in [0.3, 0.4) is 0 Å². The Morgan fingerprint density at radius 1 is 1.30 bits per heavy atom. The summed E-state index contributed by atoms with van der Waals surface area (Å²) in [6.45, 7) is 4.19. The van der Waals surface area contributed by atoms with E-state index in [1.54, 1.807) is 19.9 Å². The van der Waals surface area contributed by atoms with Crippen LogP contribution in [-0.2, 0) is 23.1 Å². The van der Waals surface area contributed by atoms with Crippen molar-refractivity contribution in [2.24, 2.45) is 7.05 Å². The predicted molar refractivity (Wildman–Crippen MR) is 114 cm³/mol. The van der Waals surface area contributed by atoms with Crippen molar-refractivity contribution in [3.8, 4) is 0 Å². The second-order valence-corrected chi connectivity index (χ2v) is 8.47. The maximum atomic E-state index is 14.3. The van der Waals surface area contributed by atoms with E-state index in [9.17, 15) is 14.0 Å². The van der Waals surface area contributed by atoms with Crippen LogP contribution in [0, 0.1) is 5.82 Å². The van der Waals surface area contributed by atoms with Gasteiger partial charge in [-0.15, -0.1) is 0 Å². The number of hydrogen-bond acceptors (Lipinski definition) is 6. The summed E-state index contributed by atoms with van der Waals surface area (Å²) in [5, 5.41) is 3.05. The molecule has 0 bridgehead atoms.